The van der Waals surface area contributed by atoms with E-state index >= 15 is 0 Å². The van der Waals surface area contributed by atoms with Crippen molar-refractivity contribution < 1.29 is 15.0 Å². The van der Waals surface area contributed by atoms with Crippen molar-refractivity contribution in [2.24, 2.45) is 0 Å². The fraction of sp³-hybridized carbons (Fsp3) is 0. The van der Waals surface area contributed by atoms with E-state index in [1.54, 1.807) is 30.3 Å². The fourth-order valence-corrected chi connectivity index (χ4v) is 1.65. The third-order valence-electron chi connectivity index (χ3n) is 2.47. The predicted octanol–water partition coefficient (Wildman–Crippen LogP) is 2.20. The highest BCUT2D eigenvalue weighted by Gasteiger charge is 2.11. The Morgan fingerprint density at radius 1 is 1.12 bits per heavy atom. The quantitative estimate of drug-likeness (QED) is 0.704. The maximum atomic E-state index is 10.6. The monoisotopic (exact) mass is 228 g/mol. The summed E-state index contributed by atoms with van der Waals surface area (Å²) in [4.78, 5) is 10.6. The van der Waals surface area contributed by atoms with Crippen LogP contribution in [0.5, 0.6) is 5.75 Å². The van der Waals surface area contributed by atoms with Crippen molar-refractivity contribution in [3.05, 3.63) is 48.4 Å². The molecule has 0 spiro atoms. The minimum Gasteiger partial charge on any atom is -0.507 e. The molecule has 0 aliphatic heterocycles. The van der Waals surface area contributed by atoms with Crippen LogP contribution in [0.3, 0.4) is 0 Å². The van der Waals surface area contributed by atoms with E-state index in [2.05, 4.69) is 0 Å². The standard InChI is InChI=1S/C13H10NO3/c14-11(13(16)17)7-8-5-6-12(15)10-4-2-1-3-9(8)10/h1-7,14-15H,(H,16,17). The molecule has 0 saturated carbocycles. The molecule has 4 heteroatoms. The summed E-state index contributed by atoms with van der Waals surface area (Å²) in [6.45, 7) is 0. The van der Waals surface area contributed by atoms with Gasteiger partial charge in [0.25, 0.3) is 0 Å². The summed E-state index contributed by atoms with van der Waals surface area (Å²) in [5, 5.41) is 27.0. The van der Waals surface area contributed by atoms with E-state index in [-0.39, 0.29) is 5.75 Å². The highest BCUT2D eigenvalue weighted by atomic mass is 16.4. The first-order valence-corrected chi connectivity index (χ1v) is 4.97. The molecule has 2 aromatic rings. The van der Waals surface area contributed by atoms with Gasteiger partial charge in [0.05, 0.1) is 0 Å². The Kier molecular flexibility index (Phi) is 2.78. The van der Waals surface area contributed by atoms with Gasteiger partial charge in [0, 0.05) is 11.8 Å². The molecule has 0 fully saturated rings. The lowest BCUT2D eigenvalue weighted by Gasteiger charge is -2.06. The molecule has 2 rings (SSSR count). The van der Waals surface area contributed by atoms with Crippen LogP contribution in [0, 0.1) is 11.8 Å². The Morgan fingerprint density at radius 3 is 2.41 bits per heavy atom. The second-order valence-corrected chi connectivity index (χ2v) is 3.58. The zero-order valence-electron chi connectivity index (χ0n) is 8.84. The summed E-state index contributed by atoms with van der Waals surface area (Å²) < 4.78 is 0. The van der Waals surface area contributed by atoms with Crippen LogP contribution in [0.2, 0.25) is 0 Å². The predicted molar refractivity (Wildman–Crippen MR) is 64.4 cm³/mol. The number of rotatable bonds is 3. The Balaban J connectivity index is 2.52. The zero-order valence-corrected chi connectivity index (χ0v) is 8.84. The van der Waals surface area contributed by atoms with Gasteiger partial charge in [0.15, 0.2) is 0 Å². The number of aliphatic carboxylic acids is 1. The van der Waals surface area contributed by atoms with Crippen molar-refractivity contribution in [3.8, 4) is 5.75 Å². The van der Waals surface area contributed by atoms with Crippen molar-refractivity contribution >= 4 is 22.5 Å². The summed E-state index contributed by atoms with van der Waals surface area (Å²) in [5.41, 5.74) is 0.117. The lowest BCUT2D eigenvalue weighted by atomic mass is 9.99. The van der Waals surface area contributed by atoms with Gasteiger partial charge in [-0.15, -0.1) is 0 Å². The van der Waals surface area contributed by atoms with E-state index in [0.717, 1.165) is 5.39 Å². The summed E-state index contributed by atoms with van der Waals surface area (Å²) in [7, 11) is 0. The van der Waals surface area contributed by atoms with E-state index in [4.69, 9.17) is 10.5 Å². The number of nitrogens with one attached hydrogen (secondary N) is 1. The molecule has 0 saturated heterocycles. The molecule has 0 atom stereocenters. The zero-order chi connectivity index (χ0) is 12.4. The molecule has 4 nitrogen and oxygen atoms in total. The van der Waals surface area contributed by atoms with E-state index in [1.165, 1.54) is 12.5 Å². The molecule has 0 aliphatic carbocycles. The number of aromatic hydroxyl groups is 1. The maximum absolute atomic E-state index is 10.6. The van der Waals surface area contributed by atoms with Gasteiger partial charge in [-0.05, 0) is 17.0 Å². The number of carboxylic acids is 1. The van der Waals surface area contributed by atoms with Crippen molar-refractivity contribution in [1.29, 1.82) is 5.41 Å². The SMILES string of the molecule is N=C([CH]c1ccc(O)c2ccccc12)C(=O)O. The van der Waals surface area contributed by atoms with Gasteiger partial charge in [-0.25, -0.2) is 4.79 Å². The van der Waals surface area contributed by atoms with E-state index in [9.17, 15) is 9.90 Å². The van der Waals surface area contributed by atoms with E-state index < -0.39 is 11.7 Å². The molecule has 0 unspecified atom stereocenters. The Bertz CT molecular complexity index is 605. The van der Waals surface area contributed by atoms with Gasteiger partial charge in [-0.1, -0.05) is 30.3 Å². The van der Waals surface area contributed by atoms with E-state index in [0.29, 0.717) is 10.9 Å². The molecular formula is C13H10NO3. The maximum Gasteiger partial charge on any atom is 0.350 e. The first-order chi connectivity index (χ1) is 8.09. The van der Waals surface area contributed by atoms with Crippen LogP contribution in [0.4, 0.5) is 0 Å². The number of phenolic OH excluding ortho intramolecular Hbond substituents is 1. The van der Waals surface area contributed by atoms with Gasteiger partial charge in [-0.3, -0.25) is 5.41 Å². The Morgan fingerprint density at radius 2 is 1.76 bits per heavy atom. The third kappa shape index (κ3) is 2.10. The molecule has 0 aromatic heterocycles. The number of carbonyl (C=O) groups is 1. The molecule has 17 heavy (non-hydrogen) atoms. The molecule has 1 radical (unpaired) electrons. The fourth-order valence-electron chi connectivity index (χ4n) is 1.65. The van der Waals surface area contributed by atoms with Crippen molar-refractivity contribution in [2.45, 2.75) is 0 Å². The molecule has 0 aliphatic rings. The van der Waals surface area contributed by atoms with Crippen LogP contribution in [-0.2, 0) is 4.79 Å². The summed E-state index contributed by atoms with van der Waals surface area (Å²) in [6.07, 6.45) is 1.27. The number of carboxylic acid groups (broad SMARTS) is 1. The van der Waals surface area contributed by atoms with Crippen molar-refractivity contribution in [3.63, 3.8) is 0 Å². The number of fused-ring (bicyclic) bond motifs is 1. The number of hydrogen-bond donors (Lipinski definition) is 3. The summed E-state index contributed by atoms with van der Waals surface area (Å²) in [5.74, 6) is -1.14. The van der Waals surface area contributed by atoms with Crippen LogP contribution in [0.1, 0.15) is 5.56 Å². The molecular weight excluding hydrogens is 218 g/mol. The Labute approximate surface area is 97.6 Å². The van der Waals surface area contributed by atoms with Gasteiger partial charge in [0.2, 0.25) is 0 Å². The minimum atomic E-state index is -1.28. The highest BCUT2D eigenvalue weighted by Crippen LogP contribution is 2.28. The van der Waals surface area contributed by atoms with Gasteiger partial charge in [0.1, 0.15) is 11.5 Å². The molecule has 85 valence electrons. The summed E-state index contributed by atoms with van der Waals surface area (Å²) in [6, 6.07) is 10.2. The van der Waals surface area contributed by atoms with Crippen LogP contribution in [0.25, 0.3) is 10.8 Å². The third-order valence-corrected chi connectivity index (χ3v) is 2.47. The normalized spacial score (nSPS) is 10.4. The average Bonchev–Trinajstić information content (AvgIpc) is 2.33. The van der Waals surface area contributed by atoms with E-state index in [1.807, 2.05) is 0 Å². The van der Waals surface area contributed by atoms with Crippen LogP contribution >= 0.6 is 0 Å². The smallest absolute Gasteiger partial charge is 0.350 e. The molecule has 3 N–H and O–H groups in total. The molecule has 0 heterocycles. The van der Waals surface area contributed by atoms with Gasteiger partial charge < -0.3 is 10.2 Å². The van der Waals surface area contributed by atoms with Crippen LogP contribution in [-0.4, -0.2) is 21.9 Å². The first-order valence-electron chi connectivity index (χ1n) is 4.97. The number of benzene rings is 2. The van der Waals surface area contributed by atoms with Crippen LogP contribution in [0.15, 0.2) is 36.4 Å². The first kappa shape index (κ1) is 11.1. The molecule has 2 aromatic carbocycles. The Hall–Kier alpha value is -2.36. The van der Waals surface area contributed by atoms with Crippen LogP contribution < -0.4 is 0 Å². The molecule has 0 bridgehead atoms. The second-order valence-electron chi connectivity index (χ2n) is 3.58. The van der Waals surface area contributed by atoms with Gasteiger partial charge in [-0.2, -0.15) is 0 Å². The molecule has 0 amide bonds. The largest absolute Gasteiger partial charge is 0.507 e. The average molecular weight is 228 g/mol. The van der Waals surface area contributed by atoms with Crippen molar-refractivity contribution in [2.75, 3.05) is 0 Å². The number of hydrogen-bond acceptors (Lipinski definition) is 3. The number of phenols is 1. The van der Waals surface area contributed by atoms with Crippen molar-refractivity contribution in [1.82, 2.24) is 0 Å². The highest BCUT2D eigenvalue weighted by molar-refractivity contribution is 6.39. The summed E-state index contributed by atoms with van der Waals surface area (Å²) >= 11 is 0. The second kappa shape index (κ2) is 4.25. The lowest BCUT2D eigenvalue weighted by Crippen LogP contribution is -2.12. The van der Waals surface area contributed by atoms with Gasteiger partial charge >= 0.3 is 5.97 Å². The minimum absolute atomic E-state index is 0.139. The topological polar surface area (TPSA) is 81.4 Å². The lowest BCUT2D eigenvalue weighted by molar-refractivity contribution is -0.129.